The average Bonchev–Trinajstić information content (AvgIpc) is 2.46. The van der Waals surface area contributed by atoms with Gasteiger partial charge in [0.1, 0.15) is 0 Å². The van der Waals surface area contributed by atoms with Gasteiger partial charge in [0.05, 0.1) is 12.7 Å². The van der Waals surface area contributed by atoms with Crippen molar-refractivity contribution in [3.63, 3.8) is 0 Å². The summed E-state index contributed by atoms with van der Waals surface area (Å²) in [4.78, 5) is 2.57. The van der Waals surface area contributed by atoms with Crippen molar-refractivity contribution in [2.45, 2.75) is 38.3 Å². The standard InChI is InChI=1S/C16H24BrNO/c1-14-13-19-16(11-17)12-18(14)10-6-5-9-15-7-3-2-4-8-15/h2-4,7-8,14,16H,5-6,9-13H2,1H3. The number of halogens is 1. The maximum Gasteiger partial charge on any atom is 0.0799 e. The lowest BCUT2D eigenvalue weighted by Gasteiger charge is -2.37. The van der Waals surface area contributed by atoms with E-state index in [4.69, 9.17) is 4.74 Å². The van der Waals surface area contributed by atoms with Gasteiger partial charge in [-0.15, -0.1) is 0 Å². The highest BCUT2D eigenvalue weighted by Crippen LogP contribution is 2.14. The normalized spacial score (nSPS) is 24.5. The van der Waals surface area contributed by atoms with E-state index in [-0.39, 0.29) is 0 Å². The second-order valence-corrected chi connectivity index (χ2v) is 6.04. The van der Waals surface area contributed by atoms with Crippen LogP contribution in [0, 0.1) is 0 Å². The quantitative estimate of drug-likeness (QED) is 0.586. The van der Waals surface area contributed by atoms with Crippen LogP contribution in [0.4, 0.5) is 0 Å². The fraction of sp³-hybridized carbons (Fsp3) is 0.625. The van der Waals surface area contributed by atoms with Crippen LogP contribution in [0.3, 0.4) is 0 Å². The molecule has 3 heteroatoms. The van der Waals surface area contributed by atoms with E-state index in [0.29, 0.717) is 12.1 Å². The van der Waals surface area contributed by atoms with Crippen LogP contribution >= 0.6 is 15.9 Å². The number of nitrogens with zero attached hydrogens (tertiary/aromatic N) is 1. The molecule has 1 saturated heterocycles. The monoisotopic (exact) mass is 325 g/mol. The highest BCUT2D eigenvalue weighted by atomic mass is 79.9. The van der Waals surface area contributed by atoms with Crippen LogP contribution in [0.15, 0.2) is 30.3 Å². The third-order valence-electron chi connectivity index (χ3n) is 3.81. The fourth-order valence-corrected chi connectivity index (χ4v) is 2.96. The van der Waals surface area contributed by atoms with E-state index in [1.807, 2.05) is 0 Å². The van der Waals surface area contributed by atoms with Crippen LogP contribution < -0.4 is 0 Å². The Bertz CT molecular complexity index is 357. The van der Waals surface area contributed by atoms with Crippen molar-refractivity contribution in [3.05, 3.63) is 35.9 Å². The predicted molar refractivity (Wildman–Crippen MR) is 83.9 cm³/mol. The maximum absolute atomic E-state index is 5.76. The molecule has 0 aromatic heterocycles. The molecular formula is C16H24BrNO. The molecular weight excluding hydrogens is 302 g/mol. The number of ether oxygens (including phenoxy) is 1. The molecule has 19 heavy (non-hydrogen) atoms. The third-order valence-corrected chi connectivity index (χ3v) is 4.53. The van der Waals surface area contributed by atoms with E-state index < -0.39 is 0 Å². The van der Waals surface area contributed by atoms with Gasteiger partial charge >= 0.3 is 0 Å². The average molecular weight is 326 g/mol. The molecule has 2 unspecified atom stereocenters. The Morgan fingerprint density at radius 2 is 2.05 bits per heavy atom. The van der Waals surface area contributed by atoms with Crippen LogP contribution in [0.2, 0.25) is 0 Å². The molecule has 0 amide bonds. The molecule has 1 aromatic carbocycles. The number of hydrogen-bond acceptors (Lipinski definition) is 2. The first-order valence-electron chi connectivity index (χ1n) is 7.25. The second-order valence-electron chi connectivity index (χ2n) is 5.40. The first-order valence-corrected chi connectivity index (χ1v) is 8.37. The molecule has 0 N–H and O–H groups in total. The molecule has 0 bridgehead atoms. The Hall–Kier alpha value is -0.380. The molecule has 0 spiro atoms. The van der Waals surface area contributed by atoms with E-state index in [0.717, 1.165) is 18.5 Å². The zero-order valence-corrected chi connectivity index (χ0v) is 13.3. The predicted octanol–water partition coefficient (Wildman–Crippen LogP) is 3.49. The number of hydrogen-bond donors (Lipinski definition) is 0. The molecule has 0 saturated carbocycles. The van der Waals surface area contributed by atoms with Crippen molar-refractivity contribution >= 4 is 15.9 Å². The van der Waals surface area contributed by atoms with Crippen LogP contribution in [0.1, 0.15) is 25.3 Å². The molecule has 2 rings (SSSR count). The first kappa shape index (κ1) is 15.0. The first-order chi connectivity index (χ1) is 9.29. The highest BCUT2D eigenvalue weighted by Gasteiger charge is 2.24. The summed E-state index contributed by atoms with van der Waals surface area (Å²) in [5.74, 6) is 0. The number of rotatable bonds is 6. The van der Waals surface area contributed by atoms with Crippen molar-refractivity contribution in [1.82, 2.24) is 4.90 Å². The van der Waals surface area contributed by atoms with Crippen molar-refractivity contribution in [3.8, 4) is 0 Å². The number of morpholine rings is 1. The van der Waals surface area contributed by atoms with Gasteiger partial charge in [-0.05, 0) is 38.3 Å². The molecule has 1 heterocycles. The summed E-state index contributed by atoms with van der Waals surface area (Å²) in [6, 6.07) is 11.3. The van der Waals surface area contributed by atoms with Gasteiger partial charge in [-0.3, -0.25) is 4.90 Å². The Kier molecular flexibility index (Phi) is 6.35. The molecule has 0 aliphatic carbocycles. The summed E-state index contributed by atoms with van der Waals surface area (Å²) in [7, 11) is 0. The minimum atomic E-state index is 0.366. The van der Waals surface area contributed by atoms with Crippen molar-refractivity contribution in [1.29, 1.82) is 0 Å². The van der Waals surface area contributed by atoms with Crippen LogP contribution in [-0.2, 0) is 11.2 Å². The van der Waals surface area contributed by atoms with Gasteiger partial charge in [-0.2, -0.15) is 0 Å². The van der Waals surface area contributed by atoms with Crippen LogP contribution in [0.25, 0.3) is 0 Å². The van der Waals surface area contributed by atoms with Gasteiger partial charge in [0.25, 0.3) is 0 Å². The summed E-state index contributed by atoms with van der Waals surface area (Å²) in [6.07, 6.45) is 4.10. The third kappa shape index (κ3) is 4.90. The van der Waals surface area contributed by atoms with Crippen molar-refractivity contribution in [2.75, 3.05) is 25.0 Å². The van der Waals surface area contributed by atoms with E-state index in [2.05, 4.69) is 58.1 Å². The topological polar surface area (TPSA) is 12.5 Å². The van der Waals surface area contributed by atoms with Crippen molar-refractivity contribution in [2.24, 2.45) is 0 Å². The zero-order valence-electron chi connectivity index (χ0n) is 11.7. The van der Waals surface area contributed by atoms with E-state index in [9.17, 15) is 0 Å². The van der Waals surface area contributed by atoms with E-state index >= 15 is 0 Å². The molecule has 2 atom stereocenters. The van der Waals surface area contributed by atoms with Crippen molar-refractivity contribution < 1.29 is 4.74 Å². The van der Waals surface area contributed by atoms with Crippen LogP contribution in [0.5, 0.6) is 0 Å². The Morgan fingerprint density at radius 3 is 2.79 bits per heavy atom. The zero-order chi connectivity index (χ0) is 13.5. The van der Waals surface area contributed by atoms with E-state index in [1.165, 1.54) is 31.4 Å². The molecule has 1 aromatic rings. The molecule has 1 aliphatic rings. The number of unbranched alkanes of at least 4 members (excludes halogenated alkanes) is 1. The lowest BCUT2D eigenvalue weighted by atomic mass is 10.1. The summed E-state index contributed by atoms with van der Waals surface area (Å²) in [6.45, 7) is 5.40. The maximum atomic E-state index is 5.76. The number of benzene rings is 1. The van der Waals surface area contributed by atoms with Gasteiger partial charge in [0.15, 0.2) is 0 Å². The summed E-state index contributed by atoms with van der Waals surface area (Å²) >= 11 is 3.52. The van der Waals surface area contributed by atoms with Crippen LogP contribution in [-0.4, -0.2) is 42.1 Å². The SMILES string of the molecule is CC1COC(CBr)CN1CCCCc1ccccc1. The smallest absolute Gasteiger partial charge is 0.0799 e. The largest absolute Gasteiger partial charge is 0.374 e. The van der Waals surface area contributed by atoms with Gasteiger partial charge in [-0.25, -0.2) is 0 Å². The molecule has 1 fully saturated rings. The lowest BCUT2D eigenvalue weighted by Crippen LogP contribution is -2.49. The molecule has 2 nitrogen and oxygen atoms in total. The number of alkyl halides is 1. The molecule has 1 aliphatic heterocycles. The number of aryl methyl sites for hydroxylation is 1. The minimum Gasteiger partial charge on any atom is -0.374 e. The highest BCUT2D eigenvalue weighted by molar-refractivity contribution is 9.09. The van der Waals surface area contributed by atoms with Gasteiger partial charge < -0.3 is 4.74 Å². The Balaban J connectivity index is 1.67. The molecule has 106 valence electrons. The summed E-state index contributed by atoms with van der Waals surface area (Å²) in [5, 5.41) is 0.945. The molecule has 0 radical (unpaired) electrons. The van der Waals surface area contributed by atoms with Gasteiger partial charge in [0.2, 0.25) is 0 Å². The lowest BCUT2D eigenvalue weighted by molar-refractivity contribution is -0.0468. The Labute approximate surface area is 125 Å². The minimum absolute atomic E-state index is 0.366. The van der Waals surface area contributed by atoms with Gasteiger partial charge in [0, 0.05) is 17.9 Å². The Morgan fingerprint density at radius 1 is 1.26 bits per heavy atom. The fourth-order valence-electron chi connectivity index (χ4n) is 2.57. The van der Waals surface area contributed by atoms with E-state index in [1.54, 1.807) is 0 Å². The summed E-state index contributed by atoms with van der Waals surface area (Å²) in [5.41, 5.74) is 1.45. The summed E-state index contributed by atoms with van der Waals surface area (Å²) < 4.78 is 5.76. The van der Waals surface area contributed by atoms with Gasteiger partial charge in [-0.1, -0.05) is 46.3 Å². The second kappa shape index (κ2) is 8.03.